The van der Waals surface area contributed by atoms with Crippen molar-refractivity contribution < 1.29 is 14.0 Å². The quantitative estimate of drug-likeness (QED) is 0.869. The predicted octanol–water partition coefficient (Wildman–Crippen LogP) is 2.54. The zero-order valence-corrected chi connectivity index (χ0v) is 12.9. The van der Waals surface area contributed by atoms with E-state index >= 15 is 0 Å². The second kappa shape index (κ2) is 6.83. The highest BCUT2D eigenvalue weighted by Gasteiger charge is 2.18. The Kier molecular flexibility index (Phi) is 5.11. The first kappa shape index (κ1) is 15.0. The Balaban J connectivity index is 2.24. The maximum atomic E-state index is 5.92. The van der Waals surface area contributed by atoms with Crippen LogP contribution < -0.4 is 10.5 Å². The van der Waals surface area contributed by atoms with Crippen LogP contribution in [0.25, 0.3) is 11.5 Å². The van der Waals surface area contributed by atoms with E-state index in [-0.39, 0.29) is 0 Å². The molecule has 1 aromatic heterocycles. The lowest BCUT2D eigenvalue weighted by atomic mass is 10.2. The van der Waals surface area contributed by atoms with Gasteiger partial charge in [-0.2, -0.15) is 4.98 Å². The molecule has 0 radical (unpaired) electrons. The largest absolute Gasteiger partial charge is 0.496 e. The molecule has 2 N–H and O–H groups in total. The van der Waals surface area contributed by atoms with E-state index in [1.54, 1.807) is 7.11 Å². The fourth-order valence-corrected chi connectivity index (χ4v) is 2.00. The molecule has 1 unspecified atom stereocenters. The summed E-state index contributed by atoms with van der Waals surface area (Å²) in [6.45, 7) is 2.85. The van der Waals surface area contributed by atoms with Crippen LogP contribution in [-0.2, 0) is 4.74 Å². The SMILES string of the molecule is CCOCC(N)c1noc(-c2ccc(Br)cc2OC)n1. The van der Waals surface area contributed by atoms with Crippen LogP contribution in [0.2, 0.25) is 0 Å². The van der Waals surface area contributed by atoms with Crippen molar-refractivity contribution in [1.29, 1.82) is 0 Å². The molecular weight excluding hydrogens is 326 g/mol. The van der Waals surface area contributed by atoms with Gasteiger partial charge in [-0.15, -0.1) is 0 Å². The highest BCUT2D eigenvalue weighted by atomic mass is 79.9. The molecule has 2 aromatic rings. The third-order valence-corrected chi connectivity index (χ3v) is 3.16. The van der Waals surface area contributed by atoms with Gasteiger partial charge in [0.2, 0.25) is 0 Å². The van der Waals surface area contributed by atoms with Gasteiger partial charge in [-0.05, 0) is 25.1 Å². The van der Waals surface area contributed by atoms with Crippen molar-refractivity contribution in [2.24, 2.45) is 5.73 Å². The smallest absolute Gasteiger partial charge is 0.261 e. The lowest BCUT2D eigenvalue weighted by Crippen LogP contribution is -2.18. The van der Waals surface area contributed by atoms with Gasteiger partial charge in [-0.1, -0.05) is 21.1 Å². The zero-order chi connectivity index (χ0) is 14.5. The minimum Gasteiger partial charge on any atom is -0.496 e. The number of hydrogen-bond donors (Lipinski definition) is 1. The molecule has 1 atom stereocenters. The summed E-state index contributed by atoms with van der Waals surface area (Å²) in [6.07, 6.45) is 0. The Morgan fingerprint density at radius 3 is 2.95 bits per heavy atom. The first-order chi connectivity index (χ1) is 9.65. The summed E-state index contributed by atoms with van der Waals surface area (Å²) in [4.78, 5) is 4.29. The Labute approximate surface area is 125 Å². The maximum absolute atomic E-state index is 5.92. The number of hydrogen-bond acceptors (Lipinski definition) is 6. The van der Waals surface area contributed by atoms with E-state index in [9.17, 15) is 0 Å². The lowest BCUT2D eigenvalue weighted by molar-refractivity contribution is 0.130. The van der Waals surface area contributed by atoms with Crippen molar-refractivity contribution in [1.82, 2.24) is 10.1 Å². The molecule has 0 aliphatic heterocycles. The fourth-order valence-electron chi connectivity index (χ4n) is 1.66. The van der Waals surface area contributed by atoms with Crippen molar-refractivity contribution in [3.63, 3.8) is 0 Å². The molecule has 6 nitrogen and oxygen atoms in total. The van der Waals surface area contributed by atoms with Gasteiger partial charge in [-0.3, -0.25) is 0 Å². The molecule has 0 saturated carbocycles. The third-order valence-electron chi connectivity index (χ3n) is 2.67. The predicted molar refractivity (Wildman–Crippen MR) is 77.4 cm³/mol. The van der Waals surface area contributed by atoms with Gasteiger partial charge in [0.25, 0.3) is 5.89 Å². The number of rotatable bonds is 6. The van der Waals surface area contributed by atoms with Gasteiger partial charge in [0, 0.05) is 11.1 Å². The second-order valence-electron chi connectivity index (χ2n) is 4.07. The first-order valence-electron chi connectivity index (χ1n) is 6.16. The molecular formula is C13H16BrN3O3. The number of ether oxygens (including phenoxy) is 2. The highest BCUT2D eigenvalue weighted by molar-refractivity contribution is 9.10. The molecule has 0 aliphatic carbocycles. The molecule has 20 heavy (non-hydrogen) atoms. The van der Waals surface area contributed by atoms with Crippen LogP contribution in [0.1, 0.15) is 18.8 Å². The van der Waals surface area contributed by atoms with E-state index in [0.29, 0.717) is 30.7 Å². The number of nitrogens with two attached hydrogens (primary N) is 1. The number of nitrogens with zero attached hydrogens (tertiary/aromatic N) is 2. The molecule has 7 heteroatoms. The molecule has 0 saturated heterocycles. The monoisotopic (exact) mass is 341 g/mol. The summed E-state index contributed by atoms with van der Waals surface area (Å²) >= 11 is 3.38. The zero-order valence-electron chi connectivity index (χ0n) is 11.3. The fraction of sp³-hybridized carbons (Fsp3) is 0.385. The van der Waals surface area contributed by atoms with Crippen LogP contribution in [0.5, 0.6) is 5.75 Å². The van der Waals surface area contributed by atoms with E-state index in [4.69, 9.17) is 19.7 Å². The third kappa shape index (κ3) is 3.36. The number of methoxy groups -OCH3 is 1. The topological polar surface area (TPSA) is 83.4 Å². The van der Waals surface area contributed by atoms with Gasteiger partial charge >= 0.3 is 0 Å². The van der Waals surface area contributed by atoms with E-state index in [1.807, 2.05) is 25.1 Å². The average Bonchev–Trinajstić information content (AvgIpc) is 2.94. The van der Waals surface area contributed by atoms with Gasteiger partial charge in [0.05, 0.1) is 25.3 Å². The Morgan fingerprint density at radius 2 is 2.25 bits per heavy atom. The molecule has 1 heterocycles. The van der Waals surface area contributed by atoms with Crippen LogP contribution in [0.15, 0.2) is 27.2 Å². The highest BCUT2D eigenvalue weighted by Crippen LogP contribution is 2.31. The van der Waals surface area contributed by atoms with Crippen molar-refractivity contribution in [2.45, 2.75) is 13.0 Å². The van der Waals surface area contributed by atoms with Crippen molar-refractivity contribution in [3.8, 4) is 17.2 Å². The maximum Gasteiger partial charge on any atom is 0.261 e. The molecule has 0 bridgehead atoms. The molecule has 0 amide bonds. The van der Waals surface area contributed by atoms with E-state index in [0.717, 1.165) is 10.0 Å². The van der Waals surface area contributed by atoms with E-state index in [1.165, 1.54) is 0 Å². The summed E-state index contributed by atoms with van der Waals surface area (Å²) in [6, 6.07) is 5.14. The van der Waals surface area contributed by atoms with Crippen LogP contribution in [0.3, 0.4) is 0 Å². The Bertz CT molecular complexity index is 574. The average molecular weight is 342 g/mol. The standard InChI is InChI=1S/C13H16BrN3O3/c1-3-19-7-10(15)12-16-13(20-17-12)9-5-4-8(14)6-11(9)18-2/h4-6,10H,3,7,15H2,1-2H3. The molecule has 0 aliphatic rings. The minimum atomic E-state index is -0.408. The van der Waals surface area contributed by atoms with Crippen LogP contribution in [0, 0.1) is 0 Å². The van der Waals surface area contributed by atoms with Crippen molar-refractivity contribution in [2.75, 3.05) is 20.3 Å². The molecule has 0 spiro atoms. The normalized spacial score (nSPS) is 12.4. The van der Waals surface area contributed by atoms with E-state index in [2.05, 4.69) is 26.1 Å². The summed E-state index contributed by atoms with van der Waals surface area (Å²) in [5, 5.41) is 3.88. The van der Waals surface area contributed by atoms with Crippen LogP contribution in [-0.4, -0.2) is 30.5 Å². The molecule has 0 fully saturated rings. The van der Waals surface area contributed by atoms with Gasteiger partial charge in [0.1, 0.15) is 5.75 Å². The summed E-state index contributed by atoms with van der Waals surface area (Å²) in [5.74, 6) is 1.43. The molecule has 1 aromatic carbocycles. The van der Waals surface area contributed by atoms with Crippen LogP contribution >= 0.6 is 15.9 Å². The lowest BCUT2D eigenvalue weighted by Gasteiger charge is -2.06. The molecule has 108 valence electrons. The van der Waals surface area contributed by atoms with Crippen molar-refractivity contribution >= 4 is 15.9 Å². The summed E-state index contributed by atoms with van der Waals surface area (Å²) in [5.41, 5.74) is 6.64. The molecule has 2 rings (SSSR count). The van der Waals surface area contributed by atoms with Gasteiger partial charge in [0.15, 0.2) is 5.82 Å². The van der Waals surface area contributed by atoms with Gasteiger partial charge < -0.3 is 19.7 Å². The number of benzene rings is 1. The summed E-state index contributed by atoms with van der Waals surface area (Å²) in [7, 11) is 1.59. The first-order valence-corrected chi connectivity index (χ1v) is 6.95. The van der Waals surface area contributed by atoms with E-state index < -0.39 is 6.04 Å². The Hall–Kier alpha value is -1.44. The summed E-state index contributed by atoms with van der Waals surface area (Å²) < 4.78 is 16.7. The minimum absolute atomic E-state index is 0.354. The number of aromatic nitrogens is 2. The Morgan fingerprint density at radius 1 is 1.45 bits per heavy atom. The van der Waals surface area contributed by atoms with Gasteiger partial charge in [-0.25, -0.2) is 0 Å². The number of halogens is 1. The van der Waals surface area contributed by atoms with Crippen molar-refractivity contribution in [3.05, 3.63) is 28.5 Å². The second-order valence-corrected chi connectivity index (χ2v) is 4.98. The van der Waals surface area contributed by atoms with Crippen LogP contribution in [0.4, 0.5) is 0 Å².